The van der Waals surface area contributed by atoms with E-state index in [1.54, 1.807) is 19.2 Å². The predicted molar refractivity (Wildman–Crippen MR) is 117 cm³/mol. The summed E-state index contributed by atoms with van der Waals surface area (Å²) in [7, 11) is 1.68. The van der Waals surface area contributed by atoms with E-state index in [0.29, 0.717) is 18.8 Å². The number of hydrogen-bond donors (Lipinski definition) is 0. The van der Waals surface area contributed by atoms with Gasteiger partial charge in [-0.25, -0.2) is 9.07 Å². The molecule has 5 rings (SSSR count). The van der Waals surface area contributed by atoms with Gasteiger partial charge in [-0.2, -0.15) is 5.10 Å². The molecule has 31 heavy (non-hydrogen) atoms. The first-order valence-corrected chi connectivity index (χ1v) is 10.7. The SMILES string of the molecule is COc1ccccc1N1CCN(C(=O)c2nn(-c3ccc(F)cc3)c3c2CCC3)CC1. The molecular weight excluding hydrogens is 395 g/mol. The molecule has 2 aliphatic rings. The van der Waals surface area contributed by atoms with Crippen LogP contribution >= 0.6 is 0 Å². The minimum atomic E-state index is -0.281. The number of para-hydroxylation sites is 2. The molecule has 0 N–H and O–H groups in total. The molecule has 0 spiro atoms. The molecule has 2 heterocycles. The summed E-state index contributed by atoms with van der Waals surface area (Å²) in [6.45, 7) is 2.75. The first kappa shape index (κ1) is 19.6. The van der Waals surface area contributed by atoms with Crippen LogP contribution in [0.5, 0.6) is 5.75 Å². The maximum absolute atomic E-state index is 13.4. The molecule has 0 radical (unpaired) electrons. The number of nitrogens with zero attached hydrogens (tertiary/aromatic N) is 4. The van der Waals surface area contributed by atoms with Crippen molar-refractivity contribution in [3.8, 4) is 11.4 Å². The van der Waals surface area contributed by atoms with Gasteiger partial charge in [0.25, 0.3) is 5.91 Å². The Bertz CT molecular complexity index is 1100. The third-order valence-electron chi connectivity index (χ3n) is 6.20. The molecule has 7 heteroatoms. The molecule has 1 aliphatic heterocycles. The van der Waals surface area contributed by atoms with Gasteiger partial charge in [0.15, 0.2) is 5.69 Å². The average molecular weight is 420 g/mol. The highest BCUT2D eigenvalue weighted by Crippen LogP contribution is 2.31. The fourth-order valence-corrected chi connectivity index (χ4v) is 4.60. The molecule has 2 aromatic carbocycles. The maximum atomic E-state index is 13.4. The van der Waals surface area contributed by atoms with Crippen LogP contribution in [0, 0.1) is 5.82 Å². The zero-order chi connectivity index (χ0) is 21.4. The van der Waals surface area contributed by atoms with Crippen molar-refractivity contribution < 1.29 is 13.9 Å². The number of ether oxygens (including phenoxy) is 1. The van der Waals surface area contributed by atoms with E-state index in [2.05, 4.69) is 10.00 Å². The summed E-state index contributed by atoms with van der Waals surface area (Å²) in [6, 6.07) is 14.2. The second kappa shape index (κ2) is 8.06. The number of hydrogen-bond acceptors (Lipinski definition) is 4. The molecule has 1 amide bonds. The number of fused-ring (bicyclic) bond motifs is 1. The molecular formula is C24H25FN4O2. The number of carbonyl (C=O) groups excluding carboxylic acids is 1. The molecule has 1 fully saturated rings. The van der Waals surface area contributed by atoms with Crippen LogP contribution in [-0.2, 0) is 12.8 Å². The van der Waals surface area contributed by atoms with Gasteiger partial charge in [0.2, 0.25) is 0 Å². The van der Waals surface area contributed by atoms with Crippen LogP contribution in [0.3, 0.4) is 0 Å². The Hall–Kier alpha value is -3.35. The number of benzene rings is 2. The Morgan fingerprint density at radius 1 is 1.00 bits per heavy atom. The summed E-state index contributed by atoms with van der Waals surface area (Å²) in [5.74, 6) is 0.550. The first-order valence-electron chi connectivity index (χ1n) is 10.7. The van der Waals surface area contributed by atoms with Crippen LogP contribution in [0.25, 0.3) is 5.69 Å². The standard InChI is InChI=1S/C24H25FN4O2/c1-31-22-8-3-2-6-21(22)27-13-15-28(16-14-27)24(30)23-19-5-4-7-20(19)29(26-23)18-11-9-17(25)10-12-18/h2-3,6,8-12H,4-5,7,13-16H2,1H3. The molecule has 3 aromatic rings. The molecule has 0 bridgehead atoms. The lowest BCUT2D eigenvalue weighted by Gasteiger charge is -2.36. The number of aromatic nitrogens is 2. The van der Waals surface area contributed by atoms with Crippen molar-refractivity contribution in [3.63, 3.8) is 0 Å². The van der Waals surface area contributed by atoms with Gasteiger partial charge in [0.05, 0.1) is 18.5 Å². The van der Waals surface area contributed by atoms with Crippen LogP contribution in [0.15, 0.2) is 48.5 Å². The summed E-state index contributed by atoms with van der Waals surface area (Å²) < 4.78 is 20.7. The van der Waals surface area contributed by atoms with Crippen molar-refractivity contribution in [2.24, 2.45) is 0 Å². The zero-order valence-electron chi connectivity index (χ0n) is 17.6. The van der Waals surface area contributed by atoms with Gasteiger partial charge >= 0.3 is 0 Å². The second-order valence-corrected chi connectivity index (χ2v) is 7.97. The normalized spacial score (nSPS) is 15.8. The van der Waals surface area contributed by atoms with Gasteiger partial charge in [0, 0.05) is 37.4 Å². The number of piperazine rings is 1. The van der Waals surface area contributed by atoms with Gasteiger partial charge < -0.3 is 14.5 Å². The topological polar surface area (TPSA) is 50.6 Å². The zero-order valence-corrected chi connectivity index (χ0v) is 17.6. The molecule has 1 aliphatic carbocycles. The Morgan fingerprint density at radius 3 is 2.48 bits per heavy atom. The van der Waals surface area contributed by atoms with Crippen LogP contribution in [0.1, 0.15) is 28.2 Å². The Morgan fingerprint density at radius 2 is 1.74 bits per heavy atom. The highest BCUT2D eigenvalue weighted by Gasteiger charge is 2.31. The van der Waals surface area contributed by atoms with Crippen molar-refractivity contribution in [2.75, 3.05) is 38.2 Å². The minimum absolute atomic E-state index is 0.0151. The van der Waals surface area contributed by atoms with Crippen molar-refractivity contribution in [3.05, 3.63) is 71.3 Å². The number of anilines is 1. The fraction of sp³-hybridized carbons (Fsp3) is 0.333. The molecule has 1 aromatic heterocycles. The molecule has 0 unspecified atom stereocenters. The molecule has 160 valence electrons. The fourth-order valence-electron chi connectivity index (χ4n) is 4.60. The summed E-state index contributed by atoms with van der Waals surface area (Å²) in [6.07, 6.45) is 2.75. The second-order valence-electron chi connectivity index (χ2n) is 7.97. The van der Waals surface area contributed by atoms with Crippen LogP contribution in [0.2, 0.25) is 0 Å². The van der Waals surface area contributed by atoms with Crippen molar-refractivity contribution in [1.82, 2.24) is 14.7 Å². The molecule has 6 nitrogen and oxygen atoms in total. The Balaban J connectivity index is 1.36. The lowest BCUT2D eigenvalue weighted by atomic mass is 10.1. The van der Waals surface area contributed by atoms with E-state index in [-0.39, 0.29) is 11.7 Å². The van der Waals surface area contributed by atoms with Crippen molar-refractivity contribution in [1.29, 1.82) is 0 Å². The highest BCUT2D eigenvalue weighted by atomic mass is 19.1. The minimum Gasteiger partial charge on any atom is -0.495 e. The monoisotopic (exact) mass is 420 g/mol. The average Bonchev–Trinajstić information content (AvgIpc) is 3.42. The summed E-state index contributed by atoms with van der Waals surface area (Å²) >= 11 is 0. The largest absolute Gasteiger partial charge is 0.495 e. The van der Waals surface area contributed by atoms with Crippen LogP contribution in [0.4, 0.5) is 10.1 Å². The Kier molecular flexibility index (Phi) is 5.10. The third kappa shape index (κ3) is 3.54. The van der Waals surface area contributed by atoms with Gasteiger partial charge in [-0.15, -0.1) is 0 Å². The van der Waals surface area contributed by atoms with Crippen molar-refractivity contribution in [2.45, 2.75) is 19.3 Å². The number of halogens is 1. The van der Waals surface area contributed by atoms with Gasteiger partial charge in [-0.05, 0) is 55.7 Å². The highest BCUT2D eigenvalue weighted by molar-refractivity contribution is 5.94. The number of carbonyl (C=O) groups is 1. The Labute approximate surface area is 180 Å². The number of amides is 1. The smallest absolute Gasteiger partial charge is 0.274 e. The number of rotatable bonds is 4. The van der Waals surface area contributed by atoms with E-state index < -0.39 is 0 Å². The van der Waals surface area contributed by atoms with Crippen LogP contribution in [-0.4, -0.2) is 53.9 Å². The lowest BCUT2D eigenvalue weighted by molar-refractivity contribution is 0.0739. The summed E-state index contributed by atoms with van der Waals surface area (Å²) in [5, 5.41) is 4.68. The maximum Gasteiger partial charge on any atom is 0.274 e. The number of methoxy groups -OCH3 is 1. The van der Waals surface area contributed by atoms with E-state index in [1.807, 2.05) is 33.8 Å². The van der Waals surface area contributed by atoms with Gasteiger partial charge in [0.1, 0.15) is 11.6 Å². The van der Waals surface area contributed by atoms with E-state index in [9.17, 15) is 9.18 Å². The van der Waals surface area contributed by atoms with E-state index in [4.69, 9.17) is 4.74 Å². The van der Waals surface area contributed by atoms with Gasteiger partial charge in [-0.1, -0.05) is 12.1 Å². The van der Waals surface area contributed by atoms with E-state index >= 15 is 0 Å². The molecule has 0 atom stereocenters. The third-order valence-corrected chi connectivity index (χ3v) is 6.20. The van der Waals surface area contributed by atoms with Crippen molar-refractivity contribution >= 4 is 11.6 Å². The van der Waals surface area contributed by atoms with E-state index in [0.717, 1.165) is 60.7 Å². The summed E-state index contributed by atoms with van der Waals surface area (Å²) in [5.41, 5.74) is 4.50. The molecule has 1 saturated heterocycles. The van der Waals surface area contributed by atoms with Gasteiger partial charge in [-0.3, -0.25) is 4.79 Å². The summed E-state index contributed by atoms with van der Waals surface area (Å²) in [4.78, 5) is 17.5. The van der Waals surface area contributed by atoms with E-state index in [1.165, 1.54) is 12.1 Å². The first-order chi connectivity index (χ1) is 15.2. The molecule has 0 saturated carbocycles. The lowest BCUT2D eigenvalue weighted by Crippen LogP contribution is -2.49. The van der Waals surface area contributed by atoms with Crippen LogP contribution < -0.4 is 9.64 Å². The predicted octanol–water partition coefficient (Wildman–Crippen LogP) is 3.47. The quantitative estimate of drug-likeness (QED) is 0.649.